The summed E-state index contributed by atoms with van der Waals surface area (Å²) in [6, 6.07) is 0. The van der Waals surface area contributed by atoms with Gasteiger partial charge in [0.1, 0.15) is 6.61 Å². The Hall–Kier alpha value is 0.330. The maximum atomic E-state index is 12.0. The molecule has 4 nitrogen and oxygen atoms in total. The van der Waals surface area contributed by atoms with Crippen LogP contribution >= 0.6 is 18.6 Å². The third kappa shape index (κ3) is 36.7. The van der Waals surface area contributed by atoms with E-state index in [1.807, 2.05) is 6.92 Å². The Bertz CT molecular complexity index is 537. The van der Waals surface area contributed by atoms with Gasteiger partial charge in [0, 0.05) is 13.2 Å². The minimum absolute atomic E-state index is 0.00183. The van der Waals surface area contributed by atoms with E-state index in [9.17, 15) is 4.57 Å². The molecule has 0 fully saturated rings. The largest absolute Gasteiger partial charge is 0.585 e. The number of rotatable bonds is 38. The second-order valence-electron chi connectivity index (χ2n) is 12.7. The smallest absolute Gasteiger partial charge is 0.379 e. The lowest BCUT2D eigenvalue weighted by atomic mass is 10.0. The van der Waals surface area contributed by atoms with Gasteiger partial charge in [0.15, 0.2) is 11.4 Å². The average molecular weight is 648 g/mol. The first-order chi connectivity index (χ1) is 21.2. The first kappa shape index (κ1) is 43.3. The third-order valence-electron chi connectivity index (χ3n) is 8.40. The molecule has 0 heterocycles. The summed E-state index contributed by atoms with van der Waals surface area (Å²) in [5.74, 6) is 0.673. The van der Waals surface area contributed by atoms with Crippen molar-refractivity contribution >= 4 is 18.6 Å². The highest BCUT2D eigenvalue weighted by Gasteiger charge is 2.23. The van der Waals surface area contributed by atoms with Crippen molar-refractivity contribution < 1.29 is 18.6 Å². The molecule has 0 N–H and O–H groups in total. The standard InChI is InChI=1S/C37H76O4PS/c1-4-7-9-11-13-15-17-19-21-23-25-27-29-31-33-39-35-37(36-43-42(38)41-6-3)40-34-32-30-28-26-24-22-20-18-16-14-12-10-8-5-2/h37H,4-36H2,1-3H3/q+1. The predicted molar refractivity (Wildman–Crippen MR) is 193 cm³/mol. The summed E-state index contributed by atoms with van der Waals surface area (Å²) in [5.41, 5.74) is 0. The molecular formula is C37H76O4PS+. The maximum Gasteiger partial charge on any atom is 0.585 e. The van der Waals surface area contributed by atoms with Crippen LogP contribution in [0.1, 0.15) is 201 Å². The number of hydrogen-bond donors (Lipinski definition) is 0. The van der Waals surface area contributed by atoms with Crippen molar-refractivity contribution in [3.63, 3.8) is 0 Å². The molecule has 258 valence electrons. The average Bonchev–Trinajstić information content (AvgIpc) is 3.01. The fraction of sp³-hybridized carbons (Fsp3) is 1.00. The Balaban J connectivity index is 3.71. The minimum Gasteiger partial charge on any atom is -0.379 e. The molecule has 0 aromatic carbocycles. The highest BCUT2D eigenvalue weighted by molar-refractivity contribution is 8.50. The summed E-state index contributed by atoms with van der Waals surface area (Å²) in [6.45, 7) is 9.13. The molecule has 0 aromatic rings. The predicted octanol–water partition coefficient (Wildman–Crippen LogP) is 13.8. The van der Waals surface area contributed by atoms with Gasteiger partial charge in [0.05, 0.1) is 18.5 Å². The van der Waals surface area contributed by atoms with E-state index in [2.05, 4.69) is 13.8 Å². The van der Waals surface area contributed by atoms with Crippen LogP contribution in [0.2, 0.25) is 0 Å². The van der Waals surface area contributed by atoms with Gasteiger partial charge in [-0.1, -0.05) is 181 Å². The molecule has 0 aliphatic rings. The summed E-state index contributed by atoms with van der Waals surface area (Å²) in [5, 5.41) is 0. The highest BCUT2D eigenvalue weighted by atomic mass is 32.7. The zero-order valence-electron chi connectivity index (χ0n) is 29.4. The van der Waals surface area contributed by atoms with Crippen molar-refractivity contribution in [1.29, 1.82) is 0 Å². The van der Waals surface area contributed by atoms with Gasteiger partial charge in [-0.3, -0.25) is 0 Å². The fourth-order valence-electron chi connectivity index (χ4n) is 5.59. The number of hydrogen-bond acceptors (Lipinski definition) is 5. The monoisotopic (exact) mass is 648 g/mol. The SMILES string of the molecule is CCCCCCCCCCCCCCCCOCC(CS[P+](=O)OCC)OCCCCCCCCCCCCCCCC. The molecule has 2 atom stereocenters. The van der Waals surface area contributed by atoms with E-state index in [0.717, 1.165) is 26.1 Å². The molecule has 0 saturated carbocycles. The van der Waals surface area contributed by atoms with Gasteiger partial charge in [0.2, 0.25) is 0 Å². The Morgan fingerprint density at radius 3 is 1.21 bits per heavy atom. The van der Waals surface area contributed by atoms with Crippen molar-refractivity contribution in [2.75, 3.05) is 32.2 Å². The van der Waals surface area contributed by atoms with Crippen molar-refractivity contribution in [2.24, 2.45) is 0 Å². The van der Waals surface area contributed by atoms with Gasteiger partial charge in [-0.05, 0) is 24.3 Å². The molecule has 0 amide bonds. The van der Waals surface area contributed by atoms with E-state index in [4.69, 9.17) is 14.0 Å². The summed E-state index contributed by atoms with van der Waals surface area (Å²) in [6.07, 6.45) is 38.4. The Morgan fingerprint density at radius 2 is 0.837 bits per heavy atom. The van der Waals surface area contributed by atoms with E-state index in [1.54, 1.807) is 0 Å². The molecule has 43 heavy (non-hydrogen) atoms. The van der Waals surface area contributed by atoms with Gasteiger partial charge in [-0.15, -0.1) is 4.52 Å². The van der Waals surface area contributed by atoms with Gasteiger partial charge in [-0.2, -0.15) is 0 Å². The van der Waals surface area contributed by atoms with E-state index in [-0.39, 0.29) is 6.10 Å². The Kier molecular flexibility index (Phi) is 38.8. The Labute approximate surface area is 275 Å². The van der Waals surface area contributed by atoms with Crippen LogP contribution in [0.3, 0.4) is 0 Å². The van der Waals surface area contributed by atoms with Crippen LogP contribution in [-0.2, 0) is 18.6 Å². The second kappa shape index (κ2) is 38.5. The van der Waals surface area contributed by atoms with E-state index >= 15 is 0 Å². The molecule has 0 aromatic heterocycles. The van der Waals surface area contributed by atoms with Crippen LogP contribution in [0.25, 0.3) is 0 Å². The van der Waals surface area contributed by atoms with Crippen LogP contribution in [0, 0.1) is 0 Å². The van der Waals surface area contributed by atoms with Gasteiger partial charge >= 0.3 is 7.23 Å². The molecule has 6 heteroatoms. The zero-order chi connectivity index (χ0) is 31.3. The van der Waals surface area contributed by atoms with Gasteiger partial charge < -0.3 is 9.47 Å². The summed E-state index contributed by atoms with van der Waals surface area (Å²) in [7, 11) is -1.66. The summed E-state index contributed by atoms with van der Waals surface area (Å²) < 4.78 is 29.4. The molecule has 0 bridgehead atoms. The number of ether oxygens (including phenoxy) is 2. The van der Waals surface area contributed by atoms with Crippen LogP contribution in [0.15, 0.2) is 0 Å². The first-order valence-electron chi connectivity index (χ1n) is 19.2. The molecule has 0 rings (SSSR count). The molecule has 0 aliphatic carbocycles. The topological polar surface area (TPSA) is 44.8 Å². The summed E-state index contributed by atoms with van der Waals surface area (Å²) in [4.78, 5) is 0. The summed E-state index contributed by atoms with van der Waals surface area (Å²) >= 11 is 1.37. The normalized spacial score (nSPS) is 12.7. The fourth-order valence-corrected chi connectivity index (χ4v) is 7.76. The quantitative estimate of drug-likeness (QED) is 0.0493. The lowest BCUT2D eigenvalue weighted by molar-refractivity contribution is -0.00612. The van der Waals surface area contributed by atoms with E-state index < -0.39 is 7.23 Å². The van der Waals surface area contributed by atoms with Gasteiger partial charge in [0.25, 0.3) is 0 Å². The molecule has 0 aliphatic heterocycles. The van der Waals surface area contributed by atoms with Crippen LogP contribution in [0.5, 0.6) is 0 Å². The molecular weight excluding hydrogens is 571 g/mol. The van der Waals surface area contributed by atoms with Crippen LogP contribution < -0.4 is 0 Å². The van der Waals surface area contributed by atoms with Crippen LogP contribution in [-0.4, -0.2) is 38.3 Å². The number of unbranched alkanes of at least 4 members (excludes halogenated alkanes) is 26. The van der Waals surface area contributed by atoms with Crippen molar-refractivity contribution in [3.8, 4) is 0 Å². The van der Waals surface area contributed by atoms with Crippen molar-refractivity contribution in [3.05, 3.63) is 0 Å². The lowest BCUT2D eigenvalue weighted by Gasteiger charge is -2.16. The lowest BCUT2D eigenvalue weighted by Crippen LogP contribution is -2.23. The van der Waals surface area contributed by atoms with Crippen LogP contribution in [0.4, 0.5) is 0 Å². The second-order valence-corrected chi connectivity index (χ2v) is 15.7. The minimum atomic E-state index is -1.66. The molecule has 0 radical (unpaired) electrons. The molecule has 2 unspecified atom stereocenters. The van der Waals surface area contributed by atoms with Crippen molar-refractivity contribution in [2.45, 2.75) is 207 Å². The van der Waals surface area contributed by atoms with E-state index in [1.165, 1.54) is 178 Å². The maximum absolute atomic E-state index is 12.0. The molecule has 0 saturated heterocycles. The highest BCUT2D eigenvalue weighted by Crippen LogP contribution is 2.39. The van der Waals surface area contributed by atoms with Crippen molar-refractivity contribution in [1.82, 2.24) is 0 Å². The molecule has 0 spiro atoms. The Morgan fingerprint density at radius 1 is 0.488 bits per heavy atom. The van der Waals surface area contributed by atoms with E-state index in [0.29, 0.717) is 19.0 Å². The first-order valence-corrected chi connectivity index (χ1v) is 21.9. The zero-order valence-corrected chi connectivity index (χ0v) is 31.1. The third-order valence-corrected chi connectivity index (χ3v) is 11.0. The van der Waals surface area contributed by atoms with Gasteiger partial charge in [-0.25, -0.2) is 0 Å².